The highest BCUT2D eigenvalue weighted by Crippen LogP contribution is 2.15. The largest absolute Gasteiger partial charge is 0.481 e. The first kappa shape index (κ1) is 49.8. The SMILES string of the molecule is CC.CC=O.CCC.Cc1ccccc1NC(=O)Nc1ccc(CC(=O)NCC(=O)N(C(C)C)[C@H](C)CC(=O)O)cc1.O=CNCC(=O)N1CCCC1. The lowest BCUT2D eigenvalue weighted by Gasteiger charge is -2.32. The Labute approximate surface area is 315 Å². The number of carboxylic acids is 1. The number of anilines is 2. The molecule has 0 radical (unpaired) electrons. The molecule has 0 unspecified atom stereocenters. The Balaban J connectivity index is 0. The van der Waals surface area contributed by atoms with Gasteiger partial charge in [-0.2, -0.15) is 0 Å². The van der Waals surface area contributed by atoms with Crippen LogP contribution in [0.4, 0.5) is 16.2 Å². The number of urea groups is 1. The van der Waals surface area contributed by atoms with E-state index in [-0.39, 0.29) is 55.7 Å². The fourth-order valence-electron chi connectivity index (χ4n) is 4.82. The van der Waals surface area contributed by atoms with Gasteiger partial charge in [-0.25, -0.2) is 4.79 Å². The van der Waals surface area contributed by atoms with Gasteiger partial charge in [0.25, 0.3) is 0 Å². The lowest BCUT2D eigenvalue weighted by Crippen LogP contribution is -2.48. The van der Waals surface area contributed by atoms with Crippen LogP contribution in [-0.2, 0) is 35.2 Å². The van der Waals surface area contributed by atoms with Crippen LogP contribution in [0.15, 0.2) is 48.5 Å². The van der Waals surface area contributed by atoms with Crippen LogP contribution < -0.4 is 21.3 Å². The van der Waals surface area contributed by atoms with Crippen LogP contribution in [0.25, 0.3) is 0 Å². The summed E-state index contributed by atoms with van der Waals surface area (Å²) in [6.07, 6.45) is 4.63. The smallest absolute Gasteiger partial charge is 0.323 e. The van der Waals surface area contributed by atoms with Crippen molar-refractivity contribution >= 4 is 53.8 Å². The molecule has 296 valence electrons. The molecule has 3 rings (SSSR count). The van der Waals surface area contributed by atoms with Gasteiger partial charge in [-0.3, -0.25) is 24.0 Å². The Bertz CT molecular complexity index is 1380. The average molecular weight is 743 g/mol. The maximum Gasteiger partial charge on any atom is 0.323 e. The predicted octanol–water partition coefficient (Wildman–Crippen LogP) is 5.40. The van der Waals surface area contributed by atoms with E-state index in [0.29, 0.717) is 12.1 Å². The predicted molar refractivity (Wildman–Crippen MR) is 210 cm³/mol. The minimum Gasteiger partial charge on any atom is -0.481 e. The number of likely N-dealkylation sites (tertiary alicyclic amines) is 1. The Morgan fingerprint density at radius 1 is 0.887 bits per heavy atom. The van der Waals surface area contributed by atoms with Crippen LogP contribution in [0, 0.1) is 6.92 Å². The fraction of sp³-hybridized carbons (Fsp3) is 0.513. The maximum absolute atomic E-state index is 12.5. The number of carboxylic acid groups (broad SMARTS) is 1. The topological polar surface area (TPSA) is 194 Å². The van der Waals surface area contributed by atoms with Gasteiger partial charge in [0.1, 0.15) is 6.29 Å². The van der Waals surface area contributed by atoms with Crippen molar-refractivity contribution in [2.45, 2.75) is 107 Å². The number of nitrogens with zero attached hydrogens (tertiary/aromatic N) is 2. The monoisotopic (exact) mass is 742 g/mol. The summed E-state index contributed by atoms with van der Waals surface area (Å²) in [4.78, 5) is 81.0. The second kappa shape index (κ2) is 30.4. The molecule has 0 saturated carbocycles. The molecular formula is C39H62N6O8. The van der Waals surface area contributed by atoms with Crippen LogP contribution in [-0.4, -0.2) is 95.6 Å². The van der Waals surface area contributed by atoms with Gasteiger partial charge in [-0.1, -0.05) is 64.4 Å². The molecule has 53 heavy (non-hydrogen) atoms. The van der Waals surface area contributed by atoms with Crippen molar-refractivity contribution in [2.75, 3.05) is 36.8 Å². The molecule has 14 nitrogen and oxygen atoms in total. The van der Waals surface area contributed by atoms with Gasteiger partial charge in [0, 0.05) is 36.5 Å². The van der Waals surface area contributed by atoms with E-state index in [2.05, 4.69) is 35.1 Å². The van der Waals surface area contributed by atoms with Gasteiger partial charge in [-0.05, 0) is 76.8 Å². The second-order valence-corrected chi connectivity index (χ2v) is 11.9. The number of para-hydroxylation sites is 1. The van der Waals surface area contributed by atoms with Crippen LogP contribution in [0.3, 0.4) is 0 Å². The molecule has 0 spiro atoms. The zero-order chi connectivity index (χ0) is 40.8. The molecule has 1 heterocycles. The number of hydrogen-bond acceptors (Lipinski definition) is 7. The number of aryl methyl sites for hydroxylation is 1. The van der Waals surface area contributed by atoms with Crippen molar-refractivity contribution in [3.8, 4) is 0 Å². The van der Waals surface area contributed by atoms with Crippen molar-refractivity contribution < 1.29 is 38.7 Å². The fourth-order valence-corrected chi connectivity index (χ4v) is 4.82. The van der Waals surface area contributed by atoms with Crippen molar-refractivity contribution in [1.82, 2.24) is 20.4 Å². The second-order valence-electron chi connectivity index (χ2n) is 11.9. The summed E-state index contributed by atoms with van der Waals surface area (Å²) in [6.45, 7) is 18.5. The van der Waals surface area contributed by atoms with Crippen LogP contribution in [0.1, 0.15) is 92.2 Å². The number of benzene rings is 2. The molecule has 14 heteroatoms. The molecule has 1 fully saturated rings. The van der Waals surface area contributed by atoms with E-state index in [4.69, 9.17) is 9.90 Å². The standard InChI is InChI=1S/C25H32N4O5.C7H12N2O2.C3H8.C2H4O.C2H6/c1-16(2)29(18(4)13-24(32)33)23(31)15-26-22(30)14-19-9-11-20(12-10-19)27-25(34)28-21-8-6-5-7-17(21)3;10-6-8-5-7(11)9-3-1-2-4-9;1-3-2;1-2-3;1-2/h5-12,16,18H,13-15H2,1-4H3,(H,26,30)(H,32,33)(H2,27,28,34);6H,1-5H2,(H,8,10);3H2,1-2H3;2H,1H3;1-2H3/t18-;;;;/m1..../s1. The van der Waals surface area contributed by atoms with E-state index in [1.807, 2.05) is 45.0 Å². The maximum atomic E-state index is 12.5. The Kier molecular flexibility index (Phi) is 28.6. The number of carbonyl (C=O) groups excluding carboxylic acids is 6. The quantitative estimate of drug-likeness (QED) is 0.168. The van der Waals surface area contributed by atoms with Gasteiger partial charge < -0.3 is 41.0 Å². The molecule has 2 aromatic carbocycles. The van der Waals surface area contributed by atoms with Crippen LogP contribution in [0.2, 0.25) is 0 Å². The third-order valence-electron chi connectivity index (χ3n) is 6.99. The molecule has 2 aromatic rings. The molecule has 1 atom stereocenters. The minimum atomic E-state index is -0.986. The molecule has 1 saturated heterocycles. The molecule has 1 aliphatic heterocycles. The van der Waals surface area contributed by atoms with E-state index in [0.717, 1.165) is 49.0 Å². The van der Waals surface area contributed by atoms with Gasteiger partial charge in [-0.15, -0.1) is 0 Å². The Hall–Kier alpha value is -5.27. The molecule has 1 aliphatic rings. The zero-order valence-electron chi connectivity index (χ0n) is 33.0. The highest BCUT2D eigenvalue weighted by Gasteiger charge is 2.25. The first-order valence-corrected chi connectivity index (χ1v) is 18.1. The number of rotatable bonds is 13. The van der Waals surface area contributed by atoms with E-state index in [1.54, 1.807) is 49.9 Å². The van der Waals surface area contributed by atoms with E-state index >= 15 is 0 Å². The molecule has 0 bridgehead atoms. The molecular weight excluding hydrogens is 680 g/mol. The highest BCUT2D eigenvalue weighted by molar-refractivity contribution is 6.00. The number of aliphatic carboxylic acids is 1. The lowest BCUT2D eigenvalue weighted by molar-refractivity contribution is -0.142. The van der Waals surface area contributed by atoms with Gasteiger partial charge in [0.05, 0.1) is 25.9 Å². The number of carbonyl (C=O) groups is 7. The van der Waals surface area contributed by atoms with Gasteiger partial charge in [0.2, 0.25) is 24.1 Å². The van der Waals surface area contributed by atoms with Crippen molar-refractivity contribution in [2.24, 2.45) is 0 Å². The van der Waals surface area contributed by atoms with Gasteiger partial charge >= 0.3 is 12.0 Å². The molecule has 6 amide bonds. The normalized spacial score (nSPS) is 11.5. The minimum absolute atomic E-state index is 0.0228. The highest BCUT2D eigenvalue weighted by atomic mass is 16.4. The van der Waals surface area contributed by atoms with E-state index in [1.165, 1.54) is 18.2 Å². The van der Waals surface area contributed by atoms with Crippen LogP contribution >= 0.6 is 0 Å². The number of hydrogen-bond donors (Lipinski definition) is 5. The first-order chi connectivity index (χ1) is 25.2. The van der Waals surface area contributed by atoms with Gasteiger partial charge in [0.15, 0.2) is 0 Å². The summed E-state index contributed by atoms with van der Waals surface area (Å²) in [5.41, 5.74) is 2.96. The van der Waals surface area contributed by atoms with E-state index in [9.17, 15) is 28.8 Å². The third kappa shape index (κ3) is 23.0. The summed E-state index contributed by atoms with van der Waals surface area (Å²) >= 11 is 0. The molecule has 0 aromatic heterocycles. The first-order valence-electron chi connectivity index (χ1n) is 18.1. The molecule has 5 N–H and O–H groups in total. The van der Waals surface area contributed by atoms with Crippen molar-refractivity contribution in [3.63, 3.8) is 0 Å². The Morgan fingerprint density at radius 3 is 1.92 bits per heavy atom. The van der Waals surface area contributed by atoms with Crippen molar-refractivity contribution in [1.29, 1.82) is 0 Å². The summed E-state index contributed by atoms with van der Waals surface area (Å²) in [5, 5.41) is 19.5. The molecule has 0 aliphatic carbocycles. The number of aldehydes is 1. The summed E-state index contributed by atoms with van der Waals surface area (Å²) in [5.74, 6) is -1.63. The summed E-state index contributed by atoms with van der Waals surface area (Å²) in [6, 6.07) is 13.2. The van der Waals surface area contributed by atoms with Crippen LogP contribution in [0.5, 0.6) is 0 Å². The summed E-state index contributed by atoms with van der Waals surface area (Å²) < 4.78 is 0. The number of nitrogens with one attached hydrogen (secondary N) is 4. The zero-order valence-corrected chi connectivity index (χ0v) is 33.0. The van der Waals surface area contributed by atoms with E-state index < -0.39 is 12.0 Å². The van der Waals surface area contributed by atoms with Crippen molar-refractivity contribution in [3.05, 3.63) is 59.7 Å². The summed E-state index contributed by atoms with van der Waals surface area (Å²) in [7, 11) is 0. The third-order valence-corrected chi connectivity index (χ3v) is 6.99. The Morgan fingerprint density at radius 2 is 1.43 bits per heavy atom. The number of amides is 6. The lowest BCUT2D eigenvalue weighted by atomic mass is 10.1. The average Bonchev–Trinajstić information content (AvgIpc) is 3.65.